The normalized spacial score (nSPS) is 44.7. The summed E-state index contributed by atoms with van der Waals surface area (Å²) in [6.45, 7) is 5.54. The van der Waals surface area contributed by atoms with E-state index in [1.54, 1.807) is 0 Å². The topological polar surface area (TPSA) is 0 Å². The van der Waals surface area contributed by atoms with Gasteiger partial charge in [-0.3, -0.25) is 0 Å². The summed E-state index contributed by atoms with van der Waals surface area (Å²) in [6.07, 6.45) is -3.19. The first-order valence-corrected chi connectivity index (χ1v) is 4.15. The molecule has 0 spiro atoms. The predicted octanol–water partition coefficient (Wildman–Crippen LogP) is 3.01. The van der Waals surface area contributed by atoms with Crippen molar-refractivity contribution in [3.8, 4) is 0 Å². The zero-order valence-electron chi connectivity index (χ0n) is 6.86. The van der Waals surface area contributed by atoms with E-state index < -0.39 is 12.1 Å². The molecule has 0 aromatic rings. The highest BCUT2D eigenvalue weighted by Crippen LogP contribution is 2.69. The monoisotopic (exact) mass is 176 g/mol. The molecule has 0 N–H and O–H groups in total. The van der Waals surface area contributed by atoms with Gasteiger partial charge in [-0.05, 0) is 31.1 Å². The molecule has 0 aliphatic heterocycles. The first-order chi connectivity index (χ1) is 5.43. The molecule has 0 radical (unpaired) electrons. The third-order valence-corrected chi connectivity index (χ3v) is 3.34. The van der Waals surface area contributed by atoms with E-state index in [0.29, 0.717) is 0 Å². The van der Waals surface area contributed by atoms with Gasteiger partial charge in [0.1, 0.15) is 0 Å². The molecule has 0 nitrogen and oxygen atoms in total. The maximum Gasteiger partial charge on any atom is 0.392 e. The van der Waals surface area contributed by atoms with Crippen molar-refractivity contribution in [3.63, 3.8) is 0 Å². The number of alkyl halides is 3. The molecule has 0 aromatic carbocycles. The Morgan fingerprint density at radius 3 is 2.08 bits per heavy atom. The number of allylic oxidation sites excluding steroid dienone is 1. The minimum absolute atomic E-state index is 0.132. The molecule has 3 aliphatic carbocycles. The third-order valence-electron chi connectivity index (χ3n) is 3.34. The lowest BCUT2D eigenvalue weighted by Crippen LogP contribution is -2.64. The molecule has 2 bridgehead atoms. The van der Waals surface area contributed by atoms with E-state index in [1.807, 2.05) is 6.92 Å². The Morgan fingerprint density at radius 2 is 1.83 bits per heavy atom. The van der Waals surface area contributed by atoms with E-state index in [2.05, 4.69) is 6.58 Å². The summed E-state index contributed by atoms with van der Waals surface area (Å²) in [7, 11) is 0. The van der Waals surface area contributed by atoms with E-state index in [1.165, 1.54) is 0 Å². The fourth-order valence-electron chi connectivity index (χ4n) is 2.66. The van der Waals surface area contributed by atoms with Crippen molar-refractivity contribution in [2.24, 2.45) is 23.7 Å². The van der Waals surface area contributed by atoms with Gasteiger partial charge in [0.25, 0.3) is 0 Å². The molecule has 3 heteroatoms. The molecule has 3 rings (SSSR count). The Balaban J connectivity index is 2.02. The molecular weight excluding hydrogens is 165 g/mol. The van der Waals surface area contributed by atoms with Crippen LogP contribution in [-0.4, -0.2) is 6.18 Å². The number of halogens is 3. The van der Waals surface area contributed by atoms with Gasteiger partial charge in [-0.15, -0.1) is 0 Å². The molecule has 0 amide bonds. The Morgan fingerprint density at radius 1 is 1.33 bits per heavy atom. The summed E-state index contributed by atoms with van der Waals surface area (Å²) >= 11 is 0. The van der Waals surface area contributed by atoms with Crippen molar-refractivity contribution in [1.82, 2.24) is 0 Å². The average molecular weight is 176 g/mol. The van der Waals surface area contributed by atoms with E-state index in [0.717, 1.165) is 12.0 Å². The second-order valence-electron chi connectivity index (χ2n) is 4.00. The third kappa shape index (κ3) is 0.795. The molecule has 68 valence electrons. The zero-order chi connectivity index (χ0) is 9.09. The fourth-order valence-corrected chi connectivity index (χ4v) is 2.66. The Bertz CT molecular complexity index is 218. The lowest BCUT2D eigenvalue weighted by Gasteiger charge is -2.65. The molecule has 0 saturated heterocycles. The van der Waals surface area contributed by atoms with Crippen LogP contribution in [0, 0.1) is 23.7 Å². The standard InChI is InChI=1S/C9H11F3/c1-4(2)7-5-3-6(7)8(5)9(10,11)12/h5-8H,1,3H2,2H3. The summed E-state index contributed by atoms with van der Waals surface area (Å²) in [5.74, 6) is -1.09. The molecule has 0 aromatic heterocycles. The Labute approximate surface area is 69.5 Å². The highest BCUT2D eigenvalue weighted by Gasteiger charge is 2.70. The van der Waals surface area contributed by atoms with Crippen molar-refractivity contribution in [2.45, 2.75) is 19.5 Å². The van der Waals surface area contributed by atoms with Crippen LogP contribution in [-0.2, 0) is 0 Å². The molecule has 3 saturated carbocycles. The van der Waals surface area contributed by atoms with Crippen molar-refractivity contribution in [1.29, 1.82) is 0 Å². The predicted molar refractivity (Wildman–Crippen MR) is 39.4 cm³/mol. The largest absolute Gasteiger partial charge is 0.392 e. The van der Waals surface area contributed by atoms with E-state index >= 15 is 0 Å². The van der Waals surface area contributed by atoms with Crippen molar-refractivity contribution in [2.75, 3.05) is 0 Å². The number of rotatable bonds is 1. The van der Waals surface area contributed by atoms with Gasteiger partial charge in [0.2, 0.25) is 0 Å². The zero-order valence-corrected chi connectivity index (χ0v) is 6.86. The quantitative estimate of drug-likeness (QED) is 0.539. The van der Waals surface area contributed by atoms with Gasteiger partial charge in [0, 0.05) is 0 Å². The molecule has 0 heterocycles. The smallest absolute Gasteiger partial charge is 0.171 e. The summed E-state index contributed by atoms with van der Waals surface area (Å²) in [5.41, 5.74) is 0.928. The maximum absolute atomic E-state index is 12.2. The van der Waals surface area contributed by atoms with Gasteiger partial charge in [0.15, 0.2) is 0 Å². The van der Waals surface area contributed by atoms with Crippen LogP contribution < -0.4 is 0 Å². The van der Waals surface area contributed by atoms with E-state index in [9.17, 15) is 13.2 Å². The molecule has 12 heavy (non-hydrogen) atoms. The molecular formula is C9H11F3. The highest BCUT2D eigenvalue weighted by atomic mass is 19.4. The van der Waals surface area contributed by atoms with Crippen LogP contribution in [0.1, 0.15) is 13.3 Å². The first-order valence-electron chi connectivity index (χ1n) is 4.15. The van der Waals surface area contributed by atoms with Crippen LogP contribution in [0.5, 0.6) is 0 Å². The highest BCUT2D eigenvalue weighted by molar-refractivity contribution is 5.21. The van der Waals surface area contributed by atoms with Crippen LogP contribution in [0.2, 0.25) is 0 Å². The van der Waals surface area contributed by atoms with Crippen molar-refractivity contribution < 1.29 is 13.2 Å². The van der Waals surface area contributed by atoms with Gasteiger partial charge in [0.05, 0.1) is 5.92 Å². The minimum atomic E-state index is -3.96. The summed E-state index contributed by atoms with van der Waals surface area (Å²) in [5, 5.41) is 0. The van der Waals surface area contributed by atoms with Gasteiger partial charge < -0.3 is 0 Å². The molecule has 2 unspecified atom stereocenters. The van der Waals surface area contributed by atoms with Gasteiger partial charge in [-0.2, -0.15) is 13.2 Å². The van der Waals surface area contributed by atoms with Crippen LogP contribution in [0.4, 0.5) is 13.2 Å². The van der Waals surface area contributed by atoms with Crippen LogP contribution in [0.3, 0.4) is 0 Å². The lowest BCUT2D eigenvalue weighted by molar-refractivity contribution is -0.306. The van der Waals surface area contributed by atoms with Gasteiger partial charge >= 0.3 is 6.18 Å². The summed E-state index contributed by atoms with van der Waals surface area (Å²) < 4.78 is 36.6. The number of hydrogen-bond acceptors (Lipinski definition) is 0. The number of hydrogen-bond donors (Lipinski definition) is 0. The van der Waals surface area contributed by atoms with E-state index in [4.69, 9.17) is 0 Å². The SMILES string of the molecule is C=C(C)C1C2CC1C2C(F)(F)F. The maximum atomic E-state index is 12.2. The average Bonchev–Trinajstić information content (AvgIpc) is 1.44. The van der Waals surface area contributed by atoms with E-state index in [-0.39, 0.29) is 17.8 Å². The molecule has 2 atom stereocenters. The Kier molecular flexibility index (Phi) is 1.40. The molecule has 3 fully saturated rings. The summed E-state index contributed by atoms with van der Waals surface area (Å²) in [6, 6.07) is 0. The molecule has 3 aliphatic rings. The van der Waals surface area contributed by atoms with Crippen LogP contribution in [0.25, 0.3) is 0 Å². The van der Waals surface area contributed by atoms with Crippen molar-refractivity contribution >= 4 is 0 Å². The van der Waals surface area contributed by atoms with Crippen LogP contribution >= 0.6 is 0 Å². The first kappa shape index (κ1) is 8.14. The van der Waals surface area contributed by atoms with Gasteiger partial charge in [-0.25, -0.2) is 0 Å². The summed E-state index contributed by atoms with van der Waals surface area (Å²) in [4.78, 5) is 0. The minimum Gasteiger partial charge on any atom is -0.171 e. The van der Waals surface area contributed by atoms with Gasteiger partial charge in [-0.1, -0.05) is 12.2 Å². The Hall–Kier alpha value is -0.470. The second-order valence-corrected chi connectivity index (χ2v) is 4.00. The van der Waals surface area contributed by atoms with Crippen LogP contribution in [0.15, 0.2) is 12.2 Å². The second kappa shape index (κ2) is 2.06. The lowest BCUT2D eigenvalue weighted by atomic mass is 9.39. The van der Waals surface area contributed by atoms with Crippen molar-refractivity contribution in [3.05, 3.63) is 12.2 Å². The fraction of sp³-hybridized carbons (Fsp3) is 0.778.